The number of nitrogen functional groups attached to an aromatic ring is 1. The lowest BCUT2D eigenvalue weighted by molar-refractivity contribution is -0.143. The van der Waals surface area contributed by atoms with Gasteiger partial charge >= 0.3 is 5.97 Å². The van der Waals surface area contributed by atoms with Crippen molar-refractivity contribution in [2.45, 2.75) is 51.7 Å². The Morgan fingerprint density at radius 2 is 2.00 bits per heavy atom. The number of piperidine rings is 1. The Morgan fingerprint density at radius 1 is 1.32 bits per heavy atom. The van der Waals surface area contributed by atoms with E-state index in [-0.39, 0.29) is 38.5 Å². The lowest BCUT2D eigenvalue weighted by Gasteiger charge is -2.36. The number of nitrogens with zero attached hydrogens (tertiary/aromatic N) is 2. The SMILES string of the molecule is CC[C@@H]1CCCCN1C(=O)[C@H](C)OC(=O)c1nc(Cl)c(Cl)c(N)c1Cl. The van der Waals surface area contributed by atoms with Crippen LogP contribution >= 0.6 is 34.8 Å². The number of rotatable bonds is 4. The molecular formula is C16H20Cl3N3O3. The Labute approximate surface area is 161 Å². The number of esters is 1. The van der Waals surface area contributed by atoms with Crippen molar-refractivity contribution in [3.8, 4) is 0 Å². The molecule has 0 unspecified atom stereocenters. The van der Waals surface area contributed by atoms with Crippen molar-refractivity contribution in [1.29, 1.82) is 0 Å². The fraction of sp³-hybridized carbons (Fsp3) is 0.562. The number of hydrogen-bond acceptors (Lipinski definition) is 5. The molecule has 1 aromatic rings. The number of carbonyl (C=O) groups excluding carboxylic acids is 2. The number of pyridine rings is 1. The van der Waals surface area contributed by atoms with Crippen LogP contribution in [-0.2, 0) is 9.53 Å². The van der Waals surface area contributed by atoms with E-state index in [0.717, 1.165) is 25.7 Å². The number of anilines is 1. The molecule has 0 spiro atoms. The van der Waals surface area contributed by atoms with Crippen LogP contribution in [0.3, 0.4) is 0 Å². The highest BCUT2D eigenvalue weighted by molar-refractivity contribution is 6.46. The Balaban J connectivity index is 2.13. The first kappa shape index (κ1) is 20.1. The van der Waals surface area contributed by atoms with Crippen LogP contribution in [-0.4, -0.2) is 40.5 Å². The molecule has 25 heavy (non-hydrogen) atoms. The predicted octanol–water partition coefficient (Wildman–Crippen LogP) is 3.96. The summed E-state index contributed by atoms with van der Waals surface area (Å²) in [6.07, 6.45) is 2.90. The standard InChI is InChI=1S/C16H20Cl3N3O3/c1-3-9-6-4-5-7-22(9)15(23)8(2)25-16(24)13-10(17)12(20)11(18)14(19)21-13/h8-9H,3-7H2,1-2H3,(H2,20,21)/t8-,9+/m0/s1. The van der Waals surface area contributed by atoms with Gasteiger partial charge < -0.3 is 15.4 Å². The number of aromatic nitrogens is 1. The molecule has 2 heterocycles. The molecule has 2 N–H and O–H groups in total. The zero-order valence-electron chi connectivity index (χ0n) is 14.0. The Kier molecular flexibility index (Phi) is 6.77. The van der Waals surface area contributed by atoms with Gasteiger partial charge in [-0.05, 0) is 32.6 Å². The van der Waals surface area contributed by atoms with Gasteiger partial charge in [0.1, 0.15) is 5.02 Å². The molecule has 0 aliphatic carbocycles. The van der Waals surface area contributed by atoms with Crippen molar-refractivity contribution in [2.24, 2.45) is 0 Å². The van der Waals surface area contributed by atoms with E-state index in [0.29, 0.717) is 6.54 Å². The molecule has 6 nitrogen and oxygen atoms in total. The monoisotopic (exact) mass is 407 g/mol. The topological polar surface area (TPSA) is 85.5 Å². The van der Waals surface area contributed by atoms with Gasteiger partial charge in [0.2, 0.25) is 0 Å². The van der Waals surface area contributed by atoms with Crippen LogP contribution in [0.4, 0.5) is 5.69 Å². The maximum absolute atomic E-state index is 12.6. The van der Waals surface area contributed by atoms with Crippen LogP contribution in [0.5, 0.6) is 0 Å². The van der Waals surface area contributed by atoms with E-state index in [1.807, 2.05) is 6.92 Å². The average Bonchev–Trinajstić information content (AvgIpc) is 2.61. The van der Waals surface area contributed by atoms with Crippen molar-refractivity contribution in [3.63, 3.8) is 0 Å². The molecule has 0 bridgehead atoms. The first-order valence-corrected chi connectivity index (χ1v) is 9.22. The highest BCUT2D eigenvalue weighted by Gasteiger charge is 2.31. The van der Waals surface area contributed by atoms with Gasteiger partial charge in [-0.25, -0.2) is 9.78 Å². The number of hydrogen-bond donors (Lipinski definition) is 1. The van der Waals surface area contributed by atoms with E-state index >= 15 is 0 Å². The van der Waals surface area contributed by atoms with Crippen molar-refractivity contribution in [2.75, 3.05) is 12.3 Å². The summed E-state index contributed by atoms with van der Waals surface area (Å²) >= 11 is 17.7. The normalized spacial score (nSPS) is 18.8. The summed E-state index contributed by atoms with van der Waals surface area (Å²) in [5.74, 6) is -1.11. The molecule has 1 fully saturated rings. The Morgan fingerprint density at radius 3 is 2.64 bits per heavy atom. The predicted molar refractivity (Wildman–Crippen MR) is 98.2 cm³/mol. The summed E-state index contributed by atoms with van der Waals surface area (Å²) in [6.45, 7) is 4.23. The maximum Gasteiger partial charge on any atom is 0.359 e. The first-order valence-electron chi connectivity index (χ1n) is 8.09. The lowest BCUT2D eigenvalue weighted by atomic mass is 9.99. The summed E-state index contributed by atoms with van der Waals surface area (Å²) in [6, 6.07) is 0.171. The highest BCUT2D eigenvalue weighted by Crippen LogP contribution is 2.34. The fourth-order valence-corrected chi connectivity index (χ4v) is 3.47. The zero-order chi connectivity index (χ0) is 18.7. The average molecular weight is 409 g/mol. The summed E-state index contributed by atoms with van der Waals surface area (Å²) in [5.41, 5.74) is 5.37. The van der Waals surface area contributed by atoms with Gasteiger partial charge in [-0.1, -0.05) is 41.7 Å². The van der Waals surface area contributed by atoms with Gasteiger partial charge in [-0.3, -0.25) is 4.79 Å². The molecule has 2 rings (SSSR count). The fourth-order valence-electron chi connectivity index (χ4n) is 2.88. The molecule has 9 heteroatoms. The van der Waals surface area contributed by atoms with E-state index in [4.69, 9.17) is 45.3 Å². The number of carbonyl (C=O) groups is 2. The maximum atomic E-state index is 12.6. The first-order chi connectivity index (χ1) is 11.8. The molecule has 1 aromatic heterocycles. The molecule has 1 saturated heterocycles. The summed E-state index contributed by atoms with van der Waals surface area (Å²) < 4.78 is 5.24. The molecular weight excluding hydrogens is 389 g/mol. The van der Waals surface area contributed by atoms with Crippen LogP contribution in [0, 0.1) is 0 Å². The van der Waals surface area contributed by atoms with Crippen molar-refractivity contribution in [3.05, 3.63) is 20.9 Å². The Hall–Kier alpha value is -1.24. The van der Waals surface area contributed by atoms with Crippen molar-refractivity contribution >= 4 is 52.4 Å². The van der Waals surface area contributed by atoms with Crippen LogP contribution in [0.1, 0.15) is 50.0 Å². The molecule has 0 radical (unpaired) electrons. The smallest absolute Gasteiger partial charge is 0.359 e. The van der Waals surface area contributed by atoms with Crippen LogP contribution in [0.25, 0.3) is 0 Å². The van der Waals surface area contributed by atoms with Gasteiger partial charge in [0.25, 0.3) is 5.91 Å². The quantitative estimate of drug-likeness (QED) is 0.602. The molecule has 1 aliphatic rings. The van der Waals surface area contributed by atoms with Crippen molar-refractivity contribution in [1.82, 2.24) is 9.88 Å². The summed E-state index contributed by atoms with van der Waals surface area (Å²) in [5, 5.41) is -0.341. The van der Waals surface area contributed by atoms with E-state index in [1.165, 1.54) is 6.92 Å². The third-order valence-corrected chi connectivity index (χ3v) is 5.41. The zero-order valence-corrected chi connectivity index (χ0v) is 16.3. The summed E-state index contributed by atoms with van der Waals surface area (Å²) in [4.78, 5) is 30.6. The molecule has 1 amide bonds. The van der Waals surface area contributed by atoms with Crippen LogP contribution < -0.4 is 5.73 Å². The third-order valence-electron chi connectivity index (χ3n) is 4.28. The molecule has 1 aliphatic heterocycles. The minimum Gasteiger partial charge on any atom is -0.448 e. The second kappa shape index (κ2) is 8.43. The highest BCUT2D eigenvalue weighted by atomic mass is 35.5. The lowest BCUT2D eigenvalue weighted by Crippen LogP contribution is -2.48. The molecule has 0 aromatic carbocycles. The summed E-state index contributed by atoms with van der Waals surface area (Å²) in [7, 11) is 0. The van der Waals surface area contributed by atoms with E-state index < -0.39 is 12.1 Å². The number of amides is 1. The van der Waals surface area contributed by atoms with Gasteiger partial charge in [0.15, 0.2) is 17.0 Å². The van der Waals surface area contributed by atoms with Crippen LogP contribution in [0.2, 0.25) is 15.2 Å². The van der Waals surface area contributed by atoms with E-state index in [9.17, 15) is 9.59 Å². The van der Waals surface area contributed by atoms with E-state index in [1.54, 1.807) is 4.90 Å². The minimum absolute atomic E-state index is 0.0357. The van der Waals surface area contributed by atoms with Gasteiger partial charge in [-0.15, -0.1) is 0 Å². The van der Waals surface area contributed by atoms with E-state index in [2.05, 4.69) is 4.98 Å². The van der Waals surface area contributed by atoms with Gasteiger partial charge in [0, 0.05) is 12.6 Å². The second-order valence-electron chi connectivity index (χ2n) is 5.93. The van der Waals surface area contributed by atoms with Crippen molar-refractivity contribution < 1.29 is 14.3 Å². The number of likely N-dealkylation sites (tertiary alicyclic amines) is 1. The third kappa shape index (κ3) is 4.30. The number of nitrogens with two attached hydrogens (primary N) is 1. The second-order valence-corrected chi connectivity index (χ2v) is 7.04. The molecule has 138 valence electrons. The van der Waals surface area contributed by atoms with Gasteiger partial charge in [-0.2, -0.15) is 0 Å². The minimum atomic E-state index is -0.965. The van der Waals surface area contributed by atoms with Crippen LogP contribution in [0.15, 0.2) is 0 Å². The van der Waals surface area contributed by atoms with Gasteiger partial charge in [0.05, 0.1) is 10.7 Å². The number of ether oxygens (including phenoxy) is 1. The Bertz CT molecular complexity index is 684. The largest absolute Gasteiger partial charge is 0.448 e. The molecule has 2 atom stereocenters. The molecule has 0 saturated carbocycles. The number of halogens is 3.